The Labute approximate surface area is 135 Å². The summed E-state index contributed by atoms with van der Waals surface area (Å²) in [6, 6.07) is 4.77. The summed E-state index contributed by atoms with van der Waals surface area (Å²) in [5.74, 6) is 2.89. The van der Waals surface area contributed by atoms with Gasteiger partial charge in [-0.25, -0.2) is 0 Å². The van der Waals surface area contributed by atoms with Crippen molar-refractivity contribution < 1.29 is 4.74 Å². The zero-order valence-corrected chi connectivity index (χ0v) is 14.8. The molecule has 1 fully saturated rings. The second-order valence-electron chi connectivity index (χ2n) is 7.93. The van der Waals surface area contributed by atoms with Crippen LogP contribution in [0.25, 0.3) is 0 Å². The molecule has 120 valence electrons. The zero-order valence-electron chi connectivity index (χ0n) is 14.8. The lowest BCUT2D eigenvalue weighted by Gasteiger charge is -2.49. The molecule has 3 rings (SSSR count). The standard InChI is InChI=1S/C21H30O/c1-13(2)17-11-16-7-8-18-15(4)14(3)9-10-21(18,5)19(16)12-20(17)22-6/h11-14,18H,4,7-10H2,1-3,5-6H3/t14-,18-,21-/m0/s1. The van der Waals surface area contributed by atoms with Gasteiger partial charge in [0.25, 0.3) is 0 Å². The van der Waals surface area contributed by atoms with E-state index in [-0.39, 0.29) is 5.41 Å². The Morgan fingerprint density at radius 3 is 2.64 bits per heavy atom. The lowest BCUT2D eigenvalue weighted by atomic mass is 9.55. The summed E-state index contributed by atoms with van der Waals surface area (Å²) in [5, 5.41) is 0. The summed E-state index contributed by atoms with van der Waals surface area (Å²) in [5.41, 5.74) is 6.15. The van der Waals surface area contributed by atoms with Crippen molar-refractivity contribution in [3.05, 3.63) is 41.0 Å². The van der Waals surface area contributed by atoms with E-state index < -0.39 is 0 Å². The summed E-state index contributed by atoms with van der Waals surface area (Å²) in [7, 11) is 1.80. The van der Waals surface area contributed by atoms with Crippen molar-refractivity contribution >= 4 is 0 Å². The first-order chi connectivity index (χ1) is 10.4. The van der Waals surface area contributed by atoms with Gasteiger partial charge in [0, 0.05) is 0 Å². The molecule has 2 aliphatic rings. The van der Waals surface area contributed by atoms with E-state index in [0.29, 0.717) is 17.8 Å². The van der Waals surface area contributed by atoms with E-state index in [4.69, 9.17) is 4.74 Å². The molecule has 22 heavy (non-hydrogen) atoms. The normalized spacial score (nSPS) is 30.9. The largest absolute Gasteiger partial charge is 0.496 e. The number of allylic oxidation sites excluding steroid dienone is 1. The third-order valence-corrected chi connectivity index (χ3v) is 6.34. The fourth-order valence-electron chi connectivity index (χ4n) is 4.76. The Morgan fingerprint density at radius 1 is 1.27 bits per heavy atom. The minimum atomic E-state index is 0.250. The molecule has 1 heteroatoms. The summed E-state index contributed by atoms with van der Waals surface area (Å²) >= 11 is 0. The first-order valence-corrected chi connectivity index (χ1v) is 8.78. The maximum atomic E-state index is 5.72. The number of fused-ring (bicyclic) bond motifs is 3. The average molecular weight is 298 g/mol. The summed E-state index contributed by atoms with van der Waals surface area (Å²) in [6.07, 6.45) is 4.98. The molecule has 0 bridgehead atoms. The Morgan fingerprint density at radius 2 is 2.00 bits per heavy atom. The maximum absolute atomic E-state index is 5.72. The van der Waals surface area contributed by atoms with Gasteiger partial charge in [-0.2, -0.15) is 0 Å². The van der Waals surface area contributed by atoms with Crippen LogP contribution in [-0.2, 0) is 11.8 Å². The van der Waals surface area contributed by atoms with Crippen molar-refractivity contribution in [3.63, 3.8) is 0 Å². The smallest absolute Gasteiger partial charge is 0.122 e. The van der Waals surface area contributed by atoms with Gasteiger partial charge in [-0.15, -0.1) is 0 Å². The third-order valence-electron chi connectivity index (χ3n) is 6.34. The second kappa shape index (κ2) is 5.44. The van der Waals surface area contributed by atoms with Crippen LogP contribution in [0, 0.1) is 11.8 Å². The molecule has 0 unspecified atom stereocenters. The van der Waals surface area contributed by atoms with Crippen LogP contribution in [0.15, 0.2) is 24.3 Å². The van der Waals surface area contributed by atoms with Crippen LogP contribution in [0.3, 0.4) is 0 Å². The molecule has 0 aliphatic heterocycles. The van der Waals surface area contributed by atoms with Crippen molar-refractivity contribution in [1.29, 1.82) is 0 Å². The van der Waals surface area contributed by atoms with Crippen molar-refractivity contribution in [1.82, 2.24) is 0 Å². The van der Waals surface area contributed by atoms with Gasteiger partial charge in [0.1, 0.15) is 5.75 Å². The van der Waals surface area contributed by atoms with Crippen LogP contribution in [0.4, 0.5) is 0 Å². The third kappa shape index (κ3) is 2.21. The average Bonchev–Trinajstić information content (AvgIpc) is 2.50. The van der Waals surface area contributed by atoms with E-state index >= 15 is 0 Å². The first-order valence-electron chi connectivity index (χ1n) is 8.78. The van der Waals surface area contributed by atoms with Gasteiger partial charge in [0.05, 0.1) is 7.11 Å². The fraction of sp³-hybridized carbons (Fsp3) is 0.619. The maximum Gasteiger partial charge on any atom is 0.122 e. The Balaban J connectivity index is 2.12. The Kier molecular flexibility index (Phi) is 3.87. The number of hydrogen-bond acceptors (Lipinski definition) is 1. The zero-order chi connectivity index (χ0) is 16.1. The van der Waals surface area contributed by atoms with Gasteiger partial charge < -0.3 is 4.74 Å². The van der Waals surface area contributed by atoms with Crippen molar-refractivity contribution in [3.8, 4) is 5.75 Å². The van der Waals surface area contributed by atoms with Gasteiger partial charge in [-0.1, -0.05) is 45.9 Å². The molecular formula is C21H30O. The van der Waals surface area contributed by atoms with E-state index in [9.17, 15) is 0 Å². The van der Waals surface area contributed by atoms with Crippen LogP contribution in [-0.4, -0.2) is 7.11 Å². The molecule has 2 aliphatic carbocycles. The summed E-state index contributed by atoms with van der Waals surface area (Å²) in [6.45, 7) is 13.8. The molecule has 0 spiro atoms. The van der Waals surface area contributed by atoms with Crippen LogP contribution >= 0.6 is 0 Å². The Hall–Kier alpha value is -1.24. The van der Waals surface area contributed by atoms with Crippen molar-refractivity contribution in [2.75, 3.05) is 7.11 Å². The van der Waals surface area contributed by atoms with Crippen LogP contribution in [0.5, 0.6) is 5.75 Å². The van der Waals surface area contributed by atoms with Gasteiger partial charge in [-0.05, 0) is 71.6 Å². The van der Waals surface area contributed by atoms with E-state index in [1.54, 1.807) is 12.7 Å². The van der Waals surface area contributed by atoms with Crippen molar-refractivity contribution in [2.24, 2.45) is 11.8 Å². The lowest BCUT2D eigenvalue weighted by Crippen LogP contribution is -2.42. The minimum Gasteiger partial charge on any atom is -0.496 e. The highest BCUT2D eigenvalue weighted by molar-refractivity contribution is 5.50. The molecule has 0 saturated heterocycles. The second-order valence-corrected chi connectivity index (χ2v) is 7.93. The predicted molar refractivity (Wildman–Crippen MR) is 93.8 cm³/mol. The highest BCUT2D eigenvalue weighted by atomic mass is 16.5. The molecule has 1 saturated carbocycles. The number of hydrogen-bond donors (Lipinski definition) is 0. The number of benzene rings is 1. The number of methoxy groups -OCH3 is 1. The number of ether oxygens (including phenoxy) is 1. The fourth-order valence-corrected chi connectivity index (χ4v) is 4.76. The Bertz CT molecular complexity index is 598. The van der Waals surface area contributed by atoms with Gasteiger partial charge in [-0.3, -0.25) is 0 Å². The number of rotatable bonds is 2. The molecule has 1 aromatic rings. The minimum absolute atomic E-state index is 0.250. The molecule has 0 heterocycles. The molecule has 0 radical (unpaired) electrons. The van der Waals surface area contributed by atoms with E-state index in [0.717, 1.165) is 5.75 Å². The molecule has 0 aromatic heterocycles. The van der Waals surface area contributed by atoms with E-state index in [1.807, 2.05) is 0 Å². The highest BCUT2D eigenvalue weighted by Gasteiger charge is 2.45. The van der Waals surface area contributed by atoms with E-state index in [1.165, 1.54) is 42.4 Å². The SMILES string of the molecule is C=C1[C@@H](C)CC[C@]2(C)c3cc(OC)c(C(C)C)cc3CC[C@@H]12. The van der Waals surface area contributed by atoms with Gasteiger partial charge in [0.15, 0.2) is 0 Å². The van der Waals surface area contributed by atoms with Gasteiger partial charge in [0.2, 0.25) is 0 Å². The summed E-state index contributed by atoms with van der Waals surface area (Å²) < 4.78 is 5.72. The van der Waals surface area contributed by atoms with Crippen molar-refractivity contribution in [2.45, 2.75) is 64.7 Å². The predicted octanol–water partition coefficient (Wildman–Crippen LogP) is 5.62. The van der Waals surface area contributed by atoms with Gasteiger partial charge >= 0.3 is 0 Å². The molecule has 0 N–H and O–H groups in total. The lowest BCUT2D eigenvalue weighted by molar-refractivity contribution is 0.206. The molecule has 1 aromatic carbocycles. The topological polar surface area (TPSA) is 9.23 Å². The van der Waals surface area contributed by atoms with Crippen LogP contribution in [0.1, 0.15) is 69.6 Å². The quantitative estimate of drug-likeness (QED) is 0.643. The van der Waals surface area contributed by atoms with Crippen LogP contribution < -0.4 is 4.74 Å². The first kappa shape index (κ1) is 15.6. The molecule has 0 amide bonds. The van der Waals surface area contributed by atoms with E-state index in [2.05, 4.69) is 46.4 Å². The monoisotopic (exact) mass is 298 g/mol. The molecular weight excluding hydrogens is 268 g/mol. The molecule has 3 atom stereocenters. The summed E-state index contributed by atoms with van der Waals surface area (Å²) in [4.78, 5) is 0. The van der Waals surface area contributed by atoms with Crippen LogP contribution in [0.2, 0.25) is 0 Å². The number of aryl methyl sites for hydroxylation is 1. The molecule has 1 nitrogen and oxygen atoms in total. The highest BCUT2D eigenvalue weighted by Crippen LogP contribution is 2.54.